The fourth-order valence-electron chi connectivity index (χ4n) is 2.79. The van der Waals surface area contributed by atoms with Crippen LogP contribution in [0.15, 0.2) is 17.0 Å². The van der Waals surface area contributed by atoms with E-state index < -0.39 is 32.2 Å². The van der Waals surface area contributed by atoms with Crippen molar-refractivity contribution in [2.24, 2.45) is 0 Å². The quantitative estimate of drug-likeness (QED) is 0.868. The van der Waals surface area contributed by atoms with E-state index >= 15 is 0 Å². The number of hydrogen-bond donors (Lipinski definition) is 1. The maximum Gasteiger partial charge on any atom is 0.246 e. The van der Waals surface area contributed by atoms with Crippen molar-refractivity contribution < 1.29 is 17.2 Å². The molecule has 1 saturated heterocycles. The van der Waals surface area contributed by atoms with Gasteiger partial charge in [-0.1, -0.05) is 19.8 Å². The third-order valence-corrected chi connectivity index (χ3v) is 5.84. The number of anilines is 1. The lowest BCUT2D eigenvalue weighted by molar-refractivity contribution is 0.239. The second kappa shape index (κ2) is 6.27. The molecule has 2 rings (SSSR count). The molecule has 1 aliphatic heterocycles. The highest BCUT2D eigenvalue weighted by molar-refractivity contribution is 7.89. The minimum absolute atomic E-state index is 0.126. The van der Waals surface area contributed by atoms with Crippen LogP contribution in [0.25, 0.3) is 0 Å². The lowest BCUT2D eigenvalue weighted by atomic mass is 10.0. The molecule has 7 heteroatoms. The van der Waals surface area contributed by atoms with Gasteiger partial charge in [-0.2, -0.15) is 4.31 Å². The van der Waals surface area contributed by atoms with Gasteiger partial charge in [-0.3, -0.25) is 0 Å². The zero-order valence-corrected chi connectivity index (χ0v) is 12.8. The fourth-order valence-corrected chi connectivity index (χ4v) is 4.59. The van der Waals surface area contributed by atoms with E-state index in [9.17, 15) is 17.2 Å². The molecule has 1 aromatic rings. The second-order valence-electron chi connectivity index (χ2n) is 5.33. The minimum atomic E-state index is -3.99. The van der Waals surface area contributed by atoms with E-state index in [1.807, 2.05) is 6.92 Å². The first-order chi connectivity index (χ1) is 9.89. The van der Waals surface area contributed by atoms with E-state index in [2.05, 4.69) is 0 Å². The molecule has 0 saturated carbocycles. The third kappa shape index (κ3) is 3.03. The molecule has 1 atom stereocenters. The molecular weight excluding hydrogens is 298 g/mol. The minimum Gasteiger partial charge on any atom is -0.394 e. The van der Waals surface area contributed by atoms with Crippen LogP contribution in [0, 0.1) is 11.6 Å². The van der Waals surface area contributed by atoms with Gasteiger partial charge in [0.2, 0.25) is 10.0 Å². The average Bonchev–Trinajstić information content (AvgIpc) is 2.45. The van der Waals surface area contributed by atoms with Crippen molar-refractivity contribution in [2.75, 3.05) is 12.3 Å². The first kappa shape index (κ1) is 16.2. The van der Waals surface area contributed by atoms with Crippen LogP contribution in [-0.4, -0.2) is 25.3 Å². The molecule has 0 aromatic heterocycles. The second-order valence-corrected chi connectivity index (χ2v) is 7.19. The highest BCUT2D eigenvalue weighted by atomic mass is 32.2. The van der Waals surface area contributed by atoms with Crippen molar-refractivity contribution in [3.63, 3.8) is 0 Å². The summed E-state index contributed by atoms with van der Waals surface area (Å²) in [6.45, 7) is 2.35. The van der Waals surface area contributed by atoms with Crippen LogP contribution in [0.1, 0.15) is 39.0 Å². The summed E-state index contributed by atoms with van der Waals surface area (Å²) >= 11 is 0. The molecule has 1 unspecified atom stereocenters. The number of benzene rings is 1. The number of halogens is 2. The molecule has 2 N–H and O–H groups in total. The predicted octanol–water partition coefficient (Wildman–Crippen LogP) is 2.89. The van der Waals surface area contributed by atoms with Crippen LogP contribution >= 0.6 is 0 Å². The van der Waals surface area contributed by atoms with Crippen molar-refractivity contribution >= 4 is 15.7 Å². The summed E-state index contributed by atoms with van der Waals surface area (Å²) < 4.78 is 53.9. The van der Waals surface area contributed by atoms with E-state index in [-0.39, 0.29) is 6.04 Å². The number of sulfonamides is 1. The van der Waals surface area contributed by atoms with Gasteiger partial charge < -0.3 is 5.73 Å². The first-order valence-corrected chi connectivity index (χ1v) is 8.59. The van der Waals surface area contributed by atoms with E-state index in [4.69, 9.17) is 5.73 Å². The number of nitrogen functional groups attached to an aromatic ring is 1. The summed E-state index contributed by atoms with van der Waals surface area (Å²) in [5, 5.41) is 0. The van der Waals surface area contributed by atoms with Gasteiger partial charge in [-0.25, -0.2) is 17.2 Å². The SMILES string of the molecule is CCCC1CCCCN1S(=O)(=O)c1ccc(F)c(N)c1F. The Hall–Kier alpha value is -1.21. The number of nitrogens with two attached hydrogens (primary N) is 1. The van der Waals surface area contributed by atoms with Gasteiger partial charge in [0.25, 0.3) is 0 Å². The standard InChI is InChI=1S/C14H20F2N2O2S/c1-2-5-10-6-3-4-9-18(10)21(19,20)12-8-7-11(15)14(17)13(12)16/h7-8,10H,2-6,9,17H2,1H3. The molecule has 1 heterocycles. The smallest absolute Gasteiger partial charge is 0.246 e. The maximum atomic E-state index is 14.1. The highest BCUT2D eigenvalue weighted by Gasteiger charge is 2.35. The van der Waals surface area contributed by atoms with Gasteiger partial charge in [0.15, 0.2) is 5.82 Å². The molecule has 1 aliphatic rings. The molecule has 1 aromatic carbocycles. The van der Waals surface area contributed by atoms with Crippen molar-refractivity contribution in [1.82, 2.24) is 4.31 Å². The summed E-state index contributed by atoms with van der Waals surface area (Å²) in [6.07, 6.45) is 4.07. The van der Waals surface area contributed by atoms with Gasteiger partial charge >= 0.3 is 0 Å². The molecular formula is C14H20F2N2O2S. The Bertz CT molecular complexity index is 618. The van der Waals surface area contributed by atoms with Gasteiger partial charge in [-0.15, -0.1) is 0 Å². The Morgan fingerprint density at radius 2 is 2.05 bits per heavy atom. The van der Waals surface area contributed by atoms with Crippen LogP contribution < -0.4 is 5.73 Å². The van der Waals surface area contributed by atoms with Crippen molar-refractivity contribution in [3.8, 4) is 0 Å². The lowest BCUT2D eigenvalue weighted by Crippen LogP contribution is -2.43. The van der Waals surface area contributed by atoms with Gasteiger partial charge in [0.1, 0.15) is 16.4 Å². The summed E-state index contributed by atoms with van der Waals surface area (Å²) in [7, 11) is -3.99. The largest absolute Gasteiger partial charge is 0.394 e. The van der Waals surface area contributed by atoms with Crippen LogP contribution in [-0.2, 0) is 10.0 Å². The third-order valence-electron chi connectivity index (χ3n) is 3.87. The number of piperidine rings is 1. The van der Waals surface area contributed by atoms with Crippen molar-refractivity contribution in [3.05, 3.63) is 23.8 Å². The van der Waals surface area contributed by atoms with E-state index in [0.717, 1.165) is 44.2 Å². The molecule has 21 heavy (non-hydrogen) atoms. The molecule has 118 valence electrons. The van der Waals surface area contributed by atoms with Crippen molar-refractivity contribution in [1.29, 1.82) is 0 Å². The zero-order valence-electron chi connectivity index (χ0n) is 12.0. The molecule has 0 spiro atoms. The van der Waals surface area contributed by atoms with Crippen LogP contribution in [0.4, 0.5) is 14.5 Å². The topological polar surface area (TPSA) is 63.4 Å². The van der Waals surface area contributed by atoms with E-state index in [0.29, 0.717) is 6.54 Å². The average molecular weight is 318 g/mol. The van der Waals surface area contributed by atoms with Crippen LogP contribution in [0.3, 0.4) is 0 Å². The Kier molecular flexibility index (Phi) is 4.83. The summed E-state index contributed by atoms with van der Waals surface area (Å²) in [5.41, 5.74) is 4.52. The van der Waals surface area contributed by atoms with Gasteiger partial charge in [-0.05, 0) is 31.4 Å². The Morgan fingerprint density at radius 1 is 1.33 bits per heavy atom. The summed E-state index contributed by atoms with van der Waals surface area (Å²) in [6, 6.07) is 1.72. The maximum absolute atomic E-state index is 14.1. The Balaban J connectivity index is 2.43. The normalized spacial score (nSPS) is 20.6. The monoisotopic (exact) mass is 318 g/mol. The zero-order chi connectivity index (χ0) is 15.6. The van der Waals surface area contributed by atoms with E-state index in [1.54, 1.807) is 0 Å². The highest BCUT2D eigenvalue weighted by Crippen LogP contribution is 2.31. The predicted molar refractivity (Wildman–Crippen MR) is 77.2 cm³/mol. The Labute approximate surface area is 124 Å². The number of nitrogens with zero attached hydrogens (tertiary/aromatic N) is 1. The lowest BCUT2D eigenvalue weighted by Gasteiger charge is -2.34. The first-order valence-electron chi connectivity index (χ1n) is 7.15. The number of hydrogen-bond acceptors (Lipinski definition) is 3. The van der Waals surface area contributed by atoms with Gasteiger partial charge in [0.05, 0.1) is 0 Å². The summed E-state index contributed by atoms with van der Waals surface area (Å²) in [4.78, 5) is -0.538. The summed E-state index contributed by atoms with van der Waals surface area (Å²) in [5.74, 6) is -2.15. The Morgan fingerprint density at radius 3 is 2.71 bits per heavy atom. The molecule has 0 bridgehead atoms. The van der Waals surface area contributed by atoms with Crippen LogP contribution in [0.5, 0.6) is 0 Å². The number of rotatable bonds is 4. The molecule has 0 amide bonds. The van der Waals surface area contributed by atoms with Crippen LogP contribution in [0.2, 0.25) is 0 Å². The van der Waals surface area contributed by atoms with E-state index in [1.165, 1.54) is 4.31 Å². The molecule has 0 radical (unpaired) electrons. The molecule has 1 fully saturated rings. The molecule has 4 nitrogen and oxygen atoms in total. The van der Waals surface area contributed by atoms with Crippen molar-refractivity contribution in [2.45, 2.75) is 50.0 Å². The van der Waals surface area contributed by atoms with Gasteiger partial charge in [0, 0.05) is 12.6 Å². The fraction of sp³-hybridized carbons (Fsp3) is 0.571. The molecule has 0 aliphatic carbocycles.